The SMILES string of the molecule is CCC(NC(=O)c1nc(CC2CCN(c3ccc(-c4ccc(CO)cc4)cc3)CC2)nc(C)c1OCc1ccccc1)C(=O)O. The van der Waals surface area contributed by atoms with Crippen LogP contribution in [0.3, 0.4) is 0 Å². The van der Waals surface area contributed by atoms with Gasteiger partial charge >= 0.3 is 5.97 Å². The molecule has 0 radical (unpaired) electrons. The Morgan fingerprint density at radius 2 is 1.58 bits per heavy atom. The number of nitrogens with zero attached hydrogens (tertiary/aromatic N) is 3. The molecule has 0 bridgehead atoms. The number of carboxylic acids is 1. The van der Waals surface area contributed by atoms with Crippen molar-refractivity contribution < 1.29 is 24.5 Å². The molecule has 1 saturated heterocycles. The van der Waals surface area contributed by atoms with E-state index in [0.29, 0.717) is 23.9 Å². The summed E-state index contributed by atoms with van der Waals surface area (Å²) >= 11 is 0. The minimum Gasteiger partial charge on any atom is -0.485 e. The van der Waals surface area contributed by atoms with Crippen molar-refractivity contribution in [3.05, 3.63) is 107 Å². The van der Waals surface area contributed by atoms with Crippen molar-refractivity contribution in [2.75, 3.05) is 18.0 Å². The third-order valence-corrected chi connectivity index (χ3v) is 8.32. The van der Waals surface area contributed by atoms with Gasteiger partial charge in [-0.05, 0) is 66.5 Å². The minimum atomic E-state index is -1.10. The Hall–Kier alpha value is -4.76. The van der Waals surface area contributed by atoms with E-state index in [-0.39, 0.29) is 31.1 Å². The zero-order valence-corrected chi connectivity index (χ0v) is 25.8. The zero-order chi connectivity index (χ0) is 31.8. The number of piperidine rings is 1. The zero-order valence-electron chi connectivity index (χ0n) is 25.8. The maximum absolute atomic E-state index is 13.3. The number of aryl methyl sites for hydroxylation is 1. The van der Waals surface area contributed by atoms with E-state index in [1.165, 1.54) is 5.69 Å². The van der Waals surface area contributed by atoms with Crippen molar-refractivity contribution in [3.8, 4) is 16.9 Å². The number of carboxylic acid groups (broad SMARTS) is 1. The van der Waals surface area contributed by atoms with Crippen LogP contribution in [-0.2, 0) is 24.4 Å². The number of rotatable bonds is 12. The first-order valence-electron chi connectivity index (χ1n) is 15.5. The van der Waals surface area contributed by atoms with Gasteiger partial charge in [0.1, 0.15) is 18.5 Å². The number of anilines is 1. The van der Waals surface area contributed by atoms with E-state index in [1.54, 1.807) is 13.8 Å². The summed E-state index contributed by atoms with van der Waals surface area (Å²) in [6.45, 7) is 5.58. The number of aliphatic hydroxyl groups excluding tert-OH is 1. The number of carbonyl (C=O) groups is 2. The minimum absolute atomic E-state index is 0.0397. The number of hydrogen-bond donors (Lipinski definition) is 3. The number of aliphatic carboxylic acids is 1. The summed E-state index contributed by atoms with van der Waals surface area (Å²) in [5, 5.41) is 21.4. The van der Waals surface area contributed by atoms with Gasteiger partial charge in [-0.25, -0.2) is 14.8 Å². The standard InChI is InChI=1S/C36H40N4O5/c1-3-31(36(43)44)38-35(42)33-34(45-23-27-7-5-4-6-8-27)24(2)37-32(39-33)21-25-17-19-40(20-18-25)30-15-13-29(14-16-30)28-11-9-26(22-41)10-12-28/h4-16,25,31,41H,3,17-23H2,1-2H3,(H,38,42)(H,43,44). The van der Waals surface area contributed by atoms with E-state index in [9.17, 15) is 19.8 Å². The molecule has 0 saturated carbocycles. The smallest absolute Gasteiger partial charge is 0.326 e. The number of nitrogens with one attached hydrogen (secondary N) is 1. The molecule has 5 rings (SSSR count). The van der Waals surface area contributed by atoms with Gasteiger partial charge in [0.25, 0.3) is 5.91 Å². The van der Waals surface area contributed by atoms with E-state index in [4.69, 9.17) is 9.72 Å². The van der Waals surface area contributed by atoms with Gasteiger partial charge in [-0.2, -0.15) is 0 Å². The summed E-state index contributed by atoms with van der Waals surface area (Å²) < 4.78 is 6.06. The molecule has 45 heavy (non-hydrogen) atoms. The normalized spacial score (nSPS) is 14.2. The van der Waals surface area contributed by atoms with Crippen molar-refractivity contribution in [1.29, 1.82) is 0 Å². The lowest BCUT2D eigenvalue weighted by Crippen LogP contribution is -2.41. The van der Waals surface area contributed by atoms with Crippen molar-refractivity contribution in [2.45, 2.75) is 58.8 Å². The second kappa shape index (κ2) is 14.8. The Morgan fingerprint density at radius 1 is 0.933 bits per heavy atom. The second-order valence-electron chi connectivity index (χ2n) is 11.5. The monoisotopic (exact) mass is 608 g/mol. The fourth-order valence-corrected chi connectivity index (χ4v) is 5.65. The molecule has 9 heteroatoms. The van der Waals surface area contributed by atoms with Crippen LogP contribution >= 0.6 is 0 Å². The molecule has 1 atom stereocenters. The van der Waals surface area contributed by atoms with Crippen LogP contribution in [0.2, 0.25) is 0 Å². The number of ether oxygens (including phenoxy) is 1. The topological polar surface area (TPSA) is 125 Å². The van der Waals surface area contributed by atoms with E-state index >= 15 is 0 Å². The number of hydrogen-bond acceptors (Lipinski definition) is 7. The molecule has 1 aromatic heterocycles. The molecule has 1 aliphatic rings. The fraction of sp³-hybridized carbons (Fsp3) is 0.333. The number of benzene rings is 3. The van der Waals surface area contributed by atoms with Crippen molar-refractivity contribution in [3.63, 3.8) is 0 Å². The first kappa shape index (κ1) is 31.7. The second-order valence-corrected chi connectivity index (χ2v) is 11.5. The molecule has 4 aromatic rings. The molecule has 3 N–H and O–H groups in total. The van der Waals surface area contributed by atoms with Crippen molar-refractivity contribution in [1.82, 2.24) is 15.3 Å². The fourth-order valence-electron chi connectivity index (χ4n) is 5.65. The van der Waals surface area contributed by atoms with Crippen LogP contribution in [0, 0.1) is 12.8 Å². The maximum atomic E-state index is 13.3. The third-order valence-electron chi connectivity index (χ3n) is 8.32. The summed E-state index contributed by atoms with van der Waals surface area (Å²) in [7, 11) is 0. The lowest BCUT2D eigenvalue weighted by Gasteiger charge is -2.33. The van der Waals surface area contributed by atoms with Crippen LogP contribution in [0.4, 0.5) is 5.69 Å². The van der Waals surface area contributed by atoms with E-state index < -0.39 is 17.9 Å². The van der Waals surface area contributed by atoms with Crippen molar-refractivity contribution in [2.24, 2.45) is 5.92 Å². The van der Waals surface area contributed by atoms with Crippen LogP contribution in [0.25, 0.3) is 11.1 Å². The van der Waals surface area contributed by atoms with E-state index in [0.717, 1.165) is 48.2 Å². The van der Waals surface area contributed by atoms with Gasteiger partial charge in [0.05, 0.1) is 12.3 Å². The van der Waals surface area contributed by atoms with E-state index in [2.05, 4.69) is 39.5 Å². The Bertz CT molecular complexity index is 1580. The number of aromatic nitrogens is 2. The summed E-state index contributed by atoms with van der Waals surface area (Å²) in [5.74, 6) is -0.506. The van der Waals surface area contributed by atoms with Gasteiger partial charge < -0.3 is 25.2 Å². The number of carbonyl (C=O) groups excluding carboxylic acids is 1. The quantitative estimate of drug-likeness (QED) is 0.191. The Labute approximate surface area is 263 Å². The van der Waals surface area contributed by atoms with Gasteiger partial charge in [-0.15, -0.1) is 0 Å². The van der Waals surface area contributed by atoms with Crippen LogP contribution in [-0.4, -0.2) is 51.2 Å². The lowest BCUT2D eigenvalue weighted by atomic mass is 9.92. The molecule has 234 valence electrons. The summed E-state index contributed by atoms with van der Waals surface area (Å²) in [6.07, 6.45) is 2.78. The Morgan fingerprint density at radius 3 is 2.18 bits per heavy atom. The first-order chi connectivity index (χ1) is 21.8. The Kier molecular flexibility index (Phi) is 10.4. The van der Waals surface area contributed by atoms with Crippen molar-refractivity contribution >= 4 is 17.6 Å². The summed E-state index contributed by atoms with van der Waals surface area (Å²) in [6, 6.07) is 25.1. The maximum Gasteiger partial charge on any atom is 0.326 e. The molecule has 1 amide bonds. The van der Waals surface area contributed by atoms with E-state index in [1.807, 2.05) is 54.6 Å². The highest BCUT2D eigenvalue weighted by Crippen LogP contribution is 2.29. The predicted molar refractivity (Wildman–Crippen MR) is 173 cm³/mol. The molecule has 1 aliphatic heterocycles. The average Bonchev–Trinajstić information content (AvgIpc) is 3.07. The predicted octanol–water partition coefficient (Wildman–Crippen LogP) is 5.58. The molecule has 2 heterocycles. The summed E-state index contributed by atoms with van der Waals surface area (Å²) in [4.78, 5) is 36.7. The first-order valence-corrected chi connectivity index (χ1v) is 15.5. The lowest BCUT2D eigenvalue weighted by molar-refractivity contribution is -0.139. The molecular formula is C36H40N4O5. The Balaban J connectivity index is 1.26. The largest absolute Gasteiger partial charge is 0.485 e. The molecule has 0 spiro atoms. The number of aliphatic hydroxyl groups is 1. The van der Waals surface area contributed by atoms with Crippen LogP contribution in [0.1, 0.15) is 59.3 Å². The molecular weight excluding hydrogens is 568 g/mol. The molecule has 1 unspecified atom stereocenters. The van der Waals surface area contributed by atoms with Gasteiger partial charge in [-0.1, -0.05) is 73.7 Å². The van der Waals surface area contributed by atoms with Crippen LogP contribution < -0.4 is 15.0 Å². The highest BCUT2D eigenvalue weighted by molar-refractivity contribution is 5.97. The van der Waals surface area contributed by atoms with Gasteiger partial charge in [0.2, 0.25) is 0 Å². The van der Waals surface area contributed by atoms with Crippen LogP contribution in [0.15, 0.2) is 78.9 Å². The highest BCUT2D eigenvalue weighted by Gasteiger charge is 2.27. The number of amides is 1. The average molecular weight is 609 g/mol. The highest BCUT2D eigenvalue weighted by atomic mass is 16.5. The van der Waals surface area contributed by atoms with Crippen LogP contribution in [0.5, 0.6) is 5.75 Å². The molecule has 3 aromatic carbocycles. The van der Waals surface area contributed by atoms with Gasteiger partial charge in [0, 0.05) is 25.2 Å². The molecule has 1 fully saturated rings. The molecule has 0 aliphatic carbocycles. The van der Waals surface area contributed by atoms with Gasteiger partial charge in [-0.3, -0.25) is 4.79 Å². The third kappa shape index (κ3) is 8.05. The summed E-state index contributed by atoms with van der Waals surface area (Å²) in [5.41, 5.74) is 5.88. The molecule has 9 nitrogen and oxygen atoms in total. The van der Waals surface area contributed by atoms with Gasteiger partial charge in [0.15, 0.2) is 11.4 Å².